The van der Waals surface area contributed by atoms with Gasteiger partial charge in [-0.1, -0.05) is 32.1 Å². The highest BCUT2D eigenvalue weighted by molar-refractivity contribution is 5.94. The lowest BCUT2D eigenvalue weighted by Crippen LogP contribution is -2.49. The highest BCUT2D eigenvalue weighted by Gasteiger charge is 2.61. The smallest absolute Gasteiger partial charge is 0.330 e. The summed E-state index contributed by atoms with van der Waals surface area (Å²) in [7, 11) is 3.40. The van der Waals surface area contributed by atoms with Crippen LogP contribution in [0.15, 0.2) is 48.6 Å². The summed E-state index contributed by atoms with van der Waals surface area (Å²) in [5.74, 6) is -1.67. The van der Waals surface area contributed by atoms with Crippen molar-refractivity contribution in [3.63, 3.8) is 0 Å². The highest BCUT2D eigenvalue weighted by Crippen LogP contribution is 2.47. The van der Waals surface area contributed by atoms with Crippen LogP contribution in [-0.2, 0) is 14.4 Å². The van der Waals surface area contributed by atoms with Crippen LogP contribution in [0.3, 0.4) is 0 Å². The van der Waals surface area contributed by atoms with Gasteiger partial charge in [0.15, 0.2) is 0 Å². The van der Waals surface area contributed by atoms with Crippen molar-refractivity contribution in [2.24, 2.45) is 17.8 Å². The molecule has 2 aliphatic carbocycles. The first-order valence-corrected chi connectivity index (χ1v) is 16.6. The average molecular weight is 641 g/mol. The Morgan fingerprint density at radius 3 is 2.60 bits per heavy atom. The molecule has 6 rings (SSSR count). The van der Waals surface area contributed by atoms with Crippen LogP contribution in [-0.4, -0.2) is 70.1 Å². The molecule has 0 bridgehead atoms. The monoisotopic (exact) mass is 640 g/mol. The minimum Gasteiger partial charge on any atom is -0.496 e. The quantitative estimate of drug-likeness (QED) is 0.330. The SMILES string of the molecule is COc1ccc2c(O[C@@H]3C[C@H]4C(=O)N[C@]5(C(=O)O)C[C@H]5/C=C\CCCCN(C)C(=O)[C@@H]4C3)cc(-c3cccc(C(C)C)n3)nc2c1C. The summed E-state index contributed by atoms with van der Waals surface area (Å²) in [6.07, 6.45) is 6.93. The minimum absolute atomic E-state index is 0.115. The third-order valence-corrected chi connectivity index (χ3v) is 10.1. The molecule has 2 N–H and O–H groups in total. The van der Waals surface area contributed by atoms with Gasteiger partial charge < -0.3 is 24.8 Å². The Bertz CT molecular complexity index is 1740. The molecular formula is C37H44N4O6. The van der Waals surface area contributed by atoms with Crippen LogP contribution >= 0.6 is 0 Å². The summed E-state index contributed by atoms with van der Waals surface area (Å²) >= 11 is 0. The van der Waals surface area contributed by atoms with E-state index in [1.165, 1.54) is 0 Å². The van der Waals surface area contributed by atoms with Crippen molar-refractivity contribution in [1.82, 2.24) is 20.2 Å². The van der Waals surface area contributed by atoms with Gasteiger partial charge in [-0.25, -0.2) is 9.78 Å². The number of allylic oxidation sites excluding steroid dienone is 1. The number of hydrogen-bond acceptors (Lipinski definition) is 7. The molecule has 3 aliphatic rings. The average Bonchev–Trinajstić information content (AvgIpc) is 3.59. The molecule has 0 radical (unpaired) electrons. The number of rotatable bonds is 6. The molecule has 2 aromatic heterocycles. The number of nitrogens with one attached hydrogen (secondary N) is 1. The number of nitrogens with zero attached hydrogens (tertiary/aromatic N) is 3. The van der Waals surface area contributed by atoms with E-state index in [9.17, 15) is 19.5 Å². The fourth-order valence-corrected chi connectivity index (χ4v) is 7.12. The number of fused-ring (bicyclic) bond motifs is 3. The Balaban J connectivity index is 1.36. The van der Waals surface area contributed by atoms with Gasteiger partial charge in [-0.3, -0.25) is 14.6 Å². The van der Waals surface area contributed by atoms with Crippen LogP contribution in [0.25, 0.3) is 22.3 Å². The summed E-state index contributed by atoms with van der Waals surface area (Å²) in [6.45, 7) is 6.73. The maximum Gasteiger partial charge on any atom is 0.330 e. The first-order valence-electron chi connectivity index (χ1n) is 16.6. The molecule has 2 amide bonds. The first kappa shape index (κ1) is 32.5. The predicted molar refractivity (Wildman–Crippen MR) is 178 cm³/mol. The van der Waals surface area contributed by atoms with Gasteiger partial charge in [-0.15, -0.1) is 0 Å². The highest BCUT2D eigenvalue weighted by atomic mass is 16.5. The molecule has 10 heteroatoms. The third kappa shape index (κ3) is 6.30. The van der Waals surface area contributed by atoms with Crippen molar-refractivity contribution in [2.45, 2.75) is 76.9 Å². The largest absolute Gasteiger partial charge is 0.496 e. The summed E-state index contributed by atoms with van der Waals surface area (Å²) in [5, 5.41) is 13.7. The number of ether oxygens (including phenoxy) is 2. The van der Waals surface area contributed by atoms with Crippen molar-refractivity contribution in [3.8, 4) is 22.9 Å². The van der Waals surface area contributed by atoms with E-state index in [-0.39, 0.29) is 24.2 Å². The van der Waals surface area contributed by atoms with Gasteiger partial charge in [0, 0.05) is 42.2 Å². The lowest BCUT2D eigenvalue weighted by Gasteiger charge is -2.26. The fraction of sp³-hybridized carbons (Fsp3) is 0.486. The van der Waals surface area contributed by atoms with Crippen LogP contribution in [0.5, 0.6) is 11.5 Å². The van der Waals surface area contributed by atoms with E-state index >= 15 is 0 Å². The zero-order chi connectivity index (χ0) is 33.5. The van der Waals surface area contributed by atoms with E-state index in [2.05, 4.69) is 19.2 Å². The fourth-order valence-electron chi connectivity index (χ4n) is 7.12. The molecule has 3 aromatic rings. The Labute approximate surface area is 275 Å². The van der Waals surface area contributed by atoms with Gasteiger partial charge >= 0.3 is 5.97 Å². The van der Waals surface area contributed by atoms with Crippen LogP contribution < -0.4 is 14.8 Å². The van der Waals surface area contributed by atoms with E-state index < -0.39 is 35.4 Å². The number of carboxylic acid groups (broad SMARTS) is 1. The lowest BCUT2D eigenvalue weighted by atomic mass is 9.93. The number of aromatic nitrogens is 2. The van der Waals surface area contributed by atoms with Gasteiger partial charge in [-0.2, -0.15) is 0 Å². The minimum atomic E-state index is -1.33. The zero-order valence-electron chi connectivity index (χ0n) is 27.8. The molecule has 2 fully saturated rings. The van der Waals surface area contributed by atoms with Crippen molar-refractivity contribution in [2.75, 3.05) is 20.7 Å². The number of hydrogen-bond donors (Lipinski definition) is 2. The van der Waals surface area contributed by atoms with Gasteiger partial charge in [0.1, 0.15) is 23.1 Å². The van der Waals surface area contributed by atoms with Crippen LogP contribution in [0.2, 0.25) is 0 Å². The normalized spacial score (nSPS) is 27.1. The molecule has 3 heterocycles. The maximum atomic E-state index is 13.9. The molecule has 0 unspecified atom stereocenters. The van der Waals surface area contributed by atoms with Gasteiger partial charge in [0.05, 0.1) is 35.9 Å². The number of amides is 2. The lowest BCUT2D eigenvalue weighted by molar-refractivity contribution is -0.145. The van der Waals surface area contributed by atoms with Gasteiger partial charge in [-0.05, 0) is 75.6 Å². The Hall–Kier alpha value is -4.47. The Kier molecular flexibility index (Phi) is 8.96. The van der Waals surface area contributed by atoms with Crippen molar-refractivity contribution in [1.29, 1.82) is 0 Å². The molecule has 0 saturated heterocycles. The molecule has 5 atom stereocenters. The Morgan fingerprint density at radius 2 is 1.85 bits per heavy atom. The van der Waals surface area contributed by atoms with E-state index in [1.807, 2.05) is 55.5 Å². The number of carbonyl (C=O) groups is 3. The molecule has 47 heavy (non-hydrogen) atoms. The van der Waals surface area contributed by atoms with Gasteiger partial charge in [0.2, 0.25) is 11.8 Å². The van der Waals surface area contributed by atoms with E-state index in [0.717, 1.165) is 41.4 Å². The molecule has 1 aromatic carbocycles. The Morgan fingerprint density at radius 1 is 1.06 bits per heavy atom. The first-order chi connectivity index (χ1) is 22.5. The van der Waals surface area contributed by atoms with Crippen LogP contribution in [0.4, 0.5) is 0 Å². The molecule has 248 valence electrons. The predicted octanol–water partition coefficient (Wildman–Crippen LogP) is 5.67. The summed E-state index contributed by atoms with van der Waals surface area (Å²) in [6, 6.07) is 11.6. The van der Waals surface area contributed by atoms with Crippen molar-refractivity contribution < 1.29 is 29.0 Å². The summed E-state index contributed by atoms with van der Waals surface area (Å²) in [5.41, 5.74) is 2.56. The van der Waals surface area contributed by atoms with Crippen molar-refractivity contribution >= 4 is 28.7 Å². The van der Waals surface area contributed by atoms with Gasteiger partial charge in [0.25, 0.3) is 0 Å². The molecule has 2 saturated carbocycles. The van der Waals surface area contributed by atoms with E-state index in [0.29, 0.717) is 42.3 Å². The maximum absolute atomic E-state index is 13.9. The van der Waals surface area contributed by atoms with Crippen LogP contribution in [0, 0.1) is 24.7 Å². The number of benzene rings is 1. The second-order valence-electron chi connectivity index (χ2n) is 13.6. The summed E-state index contributed by atoms with van der Waals surface area (Å²) in [4.78, 5) is 51.6. The molecule has 0 spiro atoms. The number of carbonyl (C=O) groups excluding carboxylic acids is 2. The standard InChI is InChI=1S/C37H44N4O6/c1-21(2)28-12-10-13-29(38-28)30-19-32(25-14-15-31(46-5)22(3)33(25)39-30)47-24-17-26-27(18-24)35(43)41(4)16-9-7-6-8-11-23-20-37(23,36(44)45)40-34(26)42/h8,10-15,19,21,23-24,26-27H,6-7,9,16-18,20H2,1-5H3,(H,40,42)(H,44,45)/b11-8-/t23-,24-,26-,27-,37-/m1/s1. The third-order valence-electron chi connectivity index (χ3n) is 10.1. The molecule has 10 nitrogen and oxygen atoms in total. The number of carboxylic acids is 1. The van der Waals surface area contributed by atoms with Crippen LogP contribution in [0.1, 0.15) is 69.5 Å². The second-order valence-corrected chi connectivity index (χ2v) is 13.6. The number of methoxy groups -OCH3 is 1. The topological polar surface area (TPSA) is 131 Å². The molecular weight excluding hydrogens is 596 g/mol. The van der Waals surface area contributed by atoms with E-state index in [1.54, 1.807) is 19.1 Å². The molecule has 1 aliphatic heterocycles. The summed E-state index contributed by atoms with van der Waals surface area (Å²) < 4.78 is 12.3. The van der Waals surface area contributed by atoms with Crippen molar-refractivity contribution in [3.05, 3.63) is 59.8 Å². The number of aliphatic carboxylic acids is 1. The second kappa shape index (κ2) is 13.0. The number of aryl methyl sites for hydroxylation is 1. The number of pyridine rings is 2. The van der Waals surface area contributed by atoms with E-state index in [4.69, 9.17) is 19.4 Å². The zero-order valence-corrected chi connectivity index (χ0v) is 27.8.